The Morgan fingerprint density at radius 1 is 0.611 bits per heavy atom. The van der Waals surface area contributed by atoms with Crippen LogP contribution in [0.1, 0.15) is 97.3 Å². The fourth-order valence-corrected chi connectivity index (χ4v) is 2.93. The van der Waals surface area contributed by atoms with Gasteiger partial charge in [0.1, 0.15) is 0 Å². The Kier molecular flexibility index (Phi) is 17.7. The van der Waals surface area contributed by atoms with Crippen LogP contribution in [0.4, 0.5) is 0 Å². The molecule has 1 heteroatoms. The van der Waals surface area contributed by atoms with Gasteiger partial charge in [-0.05, 0) is 12.2 Å². The number of hydrogen-bond donors (Lipinski definition) is 0. The molecule has 0 aromatic rings. The van der Waals surface area contributed by atoms with E-state index in [1.54, 1.807) is 0 Å². The van der Waals surface area contributed by atoms with E-state index >= 15 is 0 Å². The maximum absolute atomic E-state index is 2.29. The lowest BCUT2D eigenvalue weighted by Crippen LogP contribution is -1.84. The molecular weight excluding hydrogens is 236 g/mol. The lowest BCUT2D eigenvalue weighted by atomic mass is 10.1. The van der Waals surface area contributed by atoms with Gasteiger partial charge in [0, 0.05) is 5.75 Å². The molecule has 0 bridgehead atoms. The molecule has 0 spiro atoms. The maximum Gasteiger partial charge on any atom is 0.0135 e. The van der Waals surface area contributed by atoms with Gasteiger partial charge in [-0.1, -0.05) is 90.9 Å². The minimum atomic E-state index is 1.33. The summed E-state index contributed by atoms with van der Waals surface area (Å²) in [6, 6.07) is 0. The van der Waals surface area contributed by atoms with Gasteiger partial charge >= 0.3 is 0 Å². The predicted octanol–water partition coefficient (Wildman–Crippen LogP) is 6.99. The van der Waals surface area contributed by atoms with Crippen molar-refractivity contribution in [3.63, 3.8) is 0 Å². The molecule has 18 heavy (non-hydrogen) atoms. The Hall–Kier alpha value is 0.350. The van der Waals surface area contributed by atoms with Gasteiger partial charge in [0.15, 0.2) is 0 Å². The van der Waals surface area contributed by atoms with E-state index in [1.807, 2.05) is 11.8 Å². The zero-order valence-corrected chi connectivity index (χ0v) is 13.7. The summed E-state index contributed by atoms with van der Waals surface area (Å²) in [6.07, 6.45) is 18.9. The first-order chi connectivity index (χ1) is 8.91. The summed E-state index contributed by atoms with van der Waals surface area (Å²) in [5.74, 6) is 3.54. The molecule has 0 aromatic heterocycles. The van der Waals surface area contributed by atoms with Crippen LogP contribution in [0.25, 0.3) is 0 Å². The molecule has 0 amide bonds. The van der Waals surface area contributed by atoms with Crippen LogP contribution in [0.3, 0.4) is 0 Å². The van der Waals surface area contributed by atoms with Crippen LogP contribution in [0.15, 0.2) is 0 Å². The summed E-state index contributed by atoms with van der Waals surface area (Å²) >= 11 is 1.97. The van der Waals surface area contributed by atoms with Gasteiger partial charge in [-0.25, -0.2) is 0 Å². The van der Waals surface area contributed by atoms with Crippen molar-refractivity contribution in [3.05, 3.63) is 5.75 Å². The van der Waals surface area contributed by atoms with E-state index in [2.05, 4.69) is 19.6 Å². The van der Waals surface area contributed by atoms with E-state index in [9.17, 15) is 0 Å². The SMILES string of the molecule is C[CH]SCCCCCCCCCCCCCCC. The van der Waals surface area contributed by atoms with Gasteiger partial charge in [-0.2, -0.15) is 11.8 Å². The van der Waals surface area contributed by atoms with Crippen LogP contribution in [-0.2, 0) is 0 Å². The number of unbranched alkanes of at least 4 members (excludes halogenated alkanes) is 12. The Bertz CT molecular complexity index is 118. The van der Waals surface area contributed by atoms with Gasteiger partial charge in [0.2, 0.25) is 0 Å². The van der Waals surface area contributed by atoms with Crippen molar-refractivity contribution in [2.75, 3.05) is 5.75 Å². The van der Waals surface area contributed by atoms with Crippen LogP contribution in [-0.4, -0.2) is 5.75 Å². The highest BCUT2D eigenvalue weighted by Gasteiger charge is 1.93. The van der Waals surface area contributed by atoms with Crippen LogP contribution >= 0.6 is 11.8 Å². The summed E-state index contributed by atoms with van der Waals surface area (Å²) in [4.78, 5) is 0. The second-order valence-electron chi connectivity index (χ2n) is 5.35. The highest BCUT2D eigenvalue weighted by Crippen LogP contribution is 2.13. The van der Waals surface area contributed by atoms with Crippen molar-refractivity contribution < 1.29 is 0 Å². The molecule has 0 rings (SSSR count). The molecule has 1 radical (unpaired) electrons. The quantitative estimate of drug-likeness (QED) is 0.289. The first kappa shape index (κ1) is 18.4. The monoisotopic (exact) mass is 271 g/mol. The van der Waals surface area contributed by atoms with E-state index in [0.717, 1.165) is 0 Å². The van der Waals surface area contributed by atoms with Crippen molar-refractivity contribution in [3.8, 4) is 0 Å². The Balaban J connectivity index is 2.86. The standard InChI is InChI=1S/C17H35S/c1-3-5-6-7-8-9-10-11-12-13-14-15-16-17-18-4-2/h4H,3,5-17H2,1-2H3. The van der Waals surface area contributed by atoms with Gasteiger partial charge in [0.05, 0.1) is 0 Å². The largest absolute Gasteiger partial charge is 0.158 e. The minimum Gasteiger partial charge on any atom is -0.158 e. The van der Waals surface area contributed by atoms with Crippen LogP contribution in [0.2, 0.25) is 0 Å². The average Bonchev–Trinajstić information content (AvgIpc) is 2.39. The topological polar surface area (TPSA) is 0 Å². The molecule has 0 saturated heterocycles. The first-order valence-electron chi connectivity index (χ1n) is 8.31. The summed E-state index contributed by atoms with van der Waals surface area (Å²) in [6.45, 7) is 4.42. The second kappa shape index (κ2) is 17.4. The number of thioether (sulfide) groups is 1. The summed E-state index contributed by atoms with van der Waals surface area (Å²) < 4.78 is 0. The molecule has 0 saturated carbocycles. The van der Waals surface area contributed by atoms with Crippen molar-refractivity contribution in [2.24, 2.45) is 0 Å². The van der Waals surface area contributed by atoms with E-state index in [1.165, 1.54) is 89.2 Å². The van der Waals surface area contributed by atoms with Gasteiger partial charge < -0.3 is 0 Å². The molecule has 0 aromatic carbocycles. The zero-order valence-electron chi connectivity index (χ0n) is 12.9. The molecule has 0 nitrogen and oxygen atoms in total. The minimum absolute atomic E-state index is 1.33. The third-order valence-corrected chi connectivity index (χ3v) is 4.39. The molecule has 109 valence electrons. The smallest absolute Gasteiger partial charge is 0.0135 e. The van der Waals surface area contributed by atoms with Crippen molar-refractivity contribution in [2.45, 2.75) is 97.3 Å². The highest BCUT2D eigenvalue weighted by atomic mass is 32.2. The third-order valence-electron chi connectivity index (χ3n) is 3.53. The number of hydrogen-bond acceptors (Lipinski definition) is 1. The molecule has 0 unspecified atom stereocenters. The Labute approximate surface area is 121 Å². The summed E-state index contributed by atoms with van der Waals surface area (Å²) in [5, 5.41) is 0. The average molecular weight is 272 g/mol. The lowest BCUT2D eigenvalue weighted by molar-refractivity contribution is 0.543. The molecule has 0 aliphatic carbocycles. The first-order valence-corrected chi connectivity index (χ1v) is 9.36. The normalized spacial score (nSPS) is 11.0. The molecule has 0 N–H and O–H groups in total. The van der Waals surface area contributed by atoms with E-state index in [-0.39, 0.29) is 0 Å². The summed E-state index contributed by atoms with van der Waals surface area (Å²) in [7, 11) is 0. The van der Waals surface area contributed by atoms with Gasteiger partial charge in [0.25, 0.3) is 0 Å². The fourth-order valence-electron chi connectivity index (χ4n) is 2.32. The zero-order chi connectivity index (χ0) is 13.3. The van der Waals surface area contributed by atoms with E-state index in [4.69, 9.17) is 0 Å². The highest BCUT2D eigenvalue weighted by molar-refractivity contribution is 8.01. The molecular formula is C17H35S. The maximum atomic E-state index is 2.29. The molecule has 0 aliphatic rings. The van der Waals surface area contributed by atoms with Gasteiger partial charge in [-0.15, -0.1) is 0 Å². The van der Waals surface area contributed by atoms with Crippen molar-refractivity contribution in [1.29, 1.82) is 0 Å². The predicted molar refractivity (Wildman–Crippen MR) is 88.1 cm³/mol. The van der Waals surface area contributed by atoms with E-state index < -0.39 is 0 Å². The molecule has 0 fully saturated rings. The Morgan fingerprint density at radius 3 is 1.39 bits per heavy atom. The molecule has 0 heterocycles. The second-order valence-corrected chi connectivity index (χ2v) is 6.56. The Morgan fingerprint density at radius 2 is 1.00 bits per heavy atom. The molecule has 0 atom stereocenters. The fraction of sp³-hybridized carbons (Fsp3) is 0.941. The van der Waals surface area contributed by atoms with Crippen LogP contribution in [0, 0.1) is 5.75 Å². The lowest BCUT2D eigenvalue weighted by Gasteiger charge is -2.02. The summed E-state index contributed by atoms with van der Waals surface area (Å²) in [5.41, 5.74) is 0. The van der Waals surface area contributed by atoms with Crippen LogP contribution < -0.4 is 0 Å². The van der Waals surface area contributed by atoms with E-state index in [0.29, 0.717) is 0 Å². The van der Waals surface area contributed by atoms with Gasteiger partial charge in [-0.3, -0.25) is 0 Å². The van der Waals surface area contributed by atoms with Crippen LogP contribution in [0.5, 0.6) is 0 Å². The third kappa shape index (κ3) is 16.4. The van der Waals surface area contributed by atoms with Crippen molar-refractivity contribution in [1.82, 2.24) is 0 Å². The number of rotatable bonds is 15. The molecule has 0 aliphatic heterocycles. The van der Waals surface area contributed by atoms with Crippen molar-refractivity contribution >= 4 is 11.8 Å².